The van der Waals surface area contributed by atoms with Crippen LogP contribution in [-0.2, 0) is 9.53 Å². The van der Waals surface area contributed by atoms with E-state index >= 15 is 0 Å². The third-order valence-corrected chi connectivity index (χ3v) is 8.59. The molecule has 0 saturated carbocycles. The fourth-order valence-corrected chi connectivity index (χ4v) is 6.50. The molecule has 1 atom stereocenters. The van der Waals surface area contributed by atoms with Gasteiger partial charge in [-0.15, -0.1) is 0 Å². The number of carbonyl (C=O) groups excluding carboxylic acids is 1. The Balaban J connectivity index is 1.79. The molecular formula is C32H29IN2O4S. The maximum atomic E-state index is 14.0. The molecular weight excluding hydrogens is 635 g/mol. The van der Waals surface area contributed by atoms with Crippen molar-refractivity contribution in [2.75, 3.05) is 13.7 Å². The Labute approximate surface area is 250 Å². The van der Waals surface area contributed by atoms with Gasteiger partial charge in [-0.2, -0.15) is 0 Å². The van der Waals surface area contributed by atoms with Crippen molar-refractivity contribution >= 4 is 51.7 Å². The standard InChI is InChI=1S/C32H29IN2O4S/c1-5-39-31(37)27-28(22-9-7-6-8-10-22)34-32-35(29(27)23-14-12-21(13-15-23)19(2)3)30(36)26(40-32)18-20-11-16-25(38-4)24(33)17-20/h6-19,29H,5H2,1-4H3/b26-18-. The molecule has 204 valence electrons. The Kier molecular flexibility index (Phi) is 8.37. The van der Waals surface area contributed by atoms with Gasteiger partial charge in [0.15, 0.2) is 4.80 Å². The molecule has 1 unspecified atom stereocenters. The van der Waals surface area contributed by atoms with Crippen LogP contribution in [0.5, 0.6) is 5.75 Å². The molecule has 0 spiro atoms. The summed E-state index contributed by atoms with van der Waals surface area (Å²) in [5, 5.41) is 0. The lowest BCUT2D eigenvalue weighted by Gasteiger charge is -2.26. The number of benzene rings is 3. The fourth-order valence-electron chi connectivity index (χ4n) is 4.74. The average Bonchev–Trinajstić information content (AvgIpc) is 3.27. The topological polar surface area (TPSA) is 69.9 Å². The summed E-state index contributed by atoms with van der Waals surface area (Å²) in [4.78, 5) is 33.1. The zero-order valence-electron chi connectivity index (χ0n) is 22.7. The van der Waals surface area contributed by atoms with Crippen LogP contribution in [0.4, 0.5) is 0 Å². The van der Waals surface area contributed by atoms with Crippen molar-refractivity contribution in [3.63, 3.8) is 0 Å². The molecule has 1 aliphatic rings. The molecule has 1 aromatic heterocycles. The minimum Gasteiger partial charge on any atom is -0.496 e. The van der Waals surface area contributed by atoms with Crippen LogP contribution in [-0.4, -0.2) is 24.3 Å². The summed E-state index contributed by atoms with van der Waals surface area (Å²) in [5.74, 6) is 0.640. The molecule has 0 aliphatic carbocycles. The van der Waals surface area contributed by atoms with Crippen LogP contribution in [0.2, 0.25) is 0 Å². The van der Waals surface area contributed by atoms with Gasteiger partial charge in [-0.3, -0.25) is 9.36 Å². The Bertz CT molecular complexity index is 1770. The Morgan fingerprint density at radius 1 is 1.10 bits per heavy atom. The number of hydrogen-bond acceptors (Lipinski definition) is 6. The molecule has 6 nitrogen and oxygen atoms in total. The maximum absolute atomic E-state index is 14.0. The summed E-state index contributed by atoms with van der Waals surface area (Å²) in [7, 11) is 1.63. The molecule has 0 bridgehead atoms. The van der Waals surface area contributed by atoms with Crippen LogP contribution in [0.25, 0.3) is 11.8 Å². The monoisotopic (exact) mass is 664 g/mol. The number of nitrogens with zero attached hydrogens (tertiary/aromatic N) is 2. The van der Waals surface area contributed by atoms with Crippen molar-refractivity contribution in [3.8, 4) is 5.75 Å². The van der Waals surface area contributed by atoms with E-state index in [0.717, 1.165) is 26.0 Å². The van der Waals surface area contributed by atoms with Gasteiger partial charge in [-0.25, -0.2) is 9.79 Å². The van der Waals surface area contributed by atoms with E-state index in [1.165, 1.54) is 16.9 Å². The van der Waals surface area contributed by atoms with Crippen LogP contribution in [0.3, 0.4) is 0 Å². The van der Waals surface area contributed by atoms with Gasteiger partial charge in [0.2, 0.25) is 0 Å². The van der Waals surface area contributed by atoms with Crippen LogP contribution >= 0.6 is 33.9 Å². The van der Waals surface area contributed by atoms with Gasteiger partial charge in [0.1, 0.15) is 5.75 Å². The lowest BCUT2D eigenvalue weighted by Crippen LogP contribution is -2.40. The number of fused-ring (bicyclic) bond motifs is 1. The van der Waals surface area contributed by atoms with E-state index in [2.05, 4.69) is 48.6 Å². The number of thiazole rings is 1. The highest BCUT2D eigenvalue weighted by Crippen LogP contribution is 2.35. The second-order valence-corrected chi connectivity index (χ2v) is 11.8. The van der Waals surface area contributed by atoms with Crippen molar-refractivity contribution < 1.29 is 14.3 Å². The number of hydrogen-bond donors (Lipinski definition) is 0. The molecule has 5 rings (SSSR count). The molecule has 0 amide bonds. The number of rotatable bonds is 7. The van der Waals surface area contributed by atoms with Crippen molar-refractivity contribution in [1.82, 2.24) is 4.57 Å². The Morgan fingerprint density at radius 3 is 2.45 bits per heavy atom. The third-order valence-electron chi connectivity index (χ3n) is 6.77. The summed E-state index contributed by atoms with van der Waals surface area (Å²) in [6, 6.07) is 22.8. The highest BCUT2D eigenvalue weighted by molar-refractivity contribution is 14.1. The number of aromatic nitrogens is 1. The first-order valence-electron chi connectivity index (χ1n) is 13.0. The molecule has 2 heterocycles. The van der Waals surface area contributed by atoms with E-state index in [1.54, 1.807) is 18.6 Å². The average molecular weight is 665 g/mol. The van der Waals surface area contributed by atoms with Gasteiger partial charge >= 0.3 is 5.97 Å². The van der Waals surface area contributed by atoms with Crippen molar-refractivity contribution in [3.05, 3.63) is 124 Å². The van der Waals surface area contributed by atoms with E-state index in [1.807, 2.05) is 66.7 Å². The van der Waals surface area contributed by atoms with Crippen LogP contribution in [0.15, 0.2) is 88.2 Å². The first kappa shape index (κ1) is 28.0. The van der Waals surface area contributed by atoms with Gasteiger partial charge in [-0.1, -0.05) is 85.8 Å². The third kappa shape index (κ3) is 5.42. The molecule has 40 heavy (non-hydrogen) atoms. The first-order chi connectivity index (χ1) is 19.3. The van der Waals surface area contributed by atoms with Crippen LogP contribution < -0.4 is 19.6 Å². The number of carbonyl (C=O) groups is 1. The highest BCUT2D eigenvalue weighted by atomic mass is 127. The summed E-state index contributed by atoms with van der Waals surface area (Å²) < 4.78 is 14.0. The zero-order valence-corrected chi connectivity index (χ0v) is 25.7. The minimum atomic E-state index is -0.690. The lowest BCUT2D eigenvalue weighted by atomic mass is 9.91. The molecule has 0 saturated heterocycles. The van der Waals surface area contributed by atoms with Crippen molar-refractivity contribution in [2.45, 2.75) is 32.7 Å². The fraction of sp³-hybridized carbons (Fsp3) is 0.219. The lowest BCUT2D eigenvalue weighted by molar-refractivity contribution is -0.138. The van der Waals surface area contributed by atoms with Crippen LogP contribution in [0, 0.1) is 3.57 Å². The summed E-state index contributed by atoms with van der Waals surface area (Å²) in [6.07, 6.45) is 1.86. The predicted molar refractivity (Wildman–Crippen MR) is 167 cm³/mol. The SMILES string of the molecule is CCOC(=O)C1=C(c2ccccc2)N=c2s/c(=C\c3ccc(OC)c(I)c3)c(=O)n2C1c1ccc(C(C)C)cc1. The second-order valence-electron chi connectivity index (χ2n) is 9.65. The minimum absolute atomic E-state index is 0.207. The quantitative estimate of drug-likeness (QED) is 0.189. The Morgan fingerprint density at radius 2 is 1.82 bits per heavy atom. The van der Waals surface area contributed by atoms with E-state index < -0.39 is 12.0 Å². The summed E-state index contributed by atoms with van der Waals surface area (Å²) in [6.45, 7) is 6.26. The number of methoxy groups -OCH3 is 1. The number of esters is 1. The van der Waals surface area contributed by atoms with Crippen molar-refractivity contribution in [2.24, 2.45) is 4.99 Å². The summed E-state index contributed by atoms with van der Waals surface area (Å²) >= 11 is 3.53. The largest absolute Gasteiger partial charge is 0.496 e. The molecule has 1 aliphatic heterocycles. The van der Waals surface area contributed by atoms with Crippen LogP contribution in [0.1, 0.15) is 55.0 Å². The second kappa shape index (κ2) is 11.9. The van der Waals surface area contributed by atoms with E-state index in [9.17, 15) is 9.59 Å². The van der Waals surface area contributed by atoms with Gasteiger partial charge in [0, 0.05) is 5.56 Å². The molecule has 4 aromatic rings. The zero-order chi connectivity index (χ0) is 28.4. The molecule has 0 radical (unpaired) electrons. The van der Waals surface area contributed by atoms with E-state index in [-0.39, 0.29) is 12.2 Å². The number of ether oxygens (including phenoxy) is 2. The van der Waals surface area contributed by atoms with Gasteiger partial charge in [-0.05, 0) is 70.3 Å². The van der Waals surface area contributed by atoms with E-state index in [0.29, 0.717) is 26.5 Å². The van der Waals surface area contributed by atoms with E-state index in [4.69, 9.17) is 14.5 Å². The first-order valence-corrected chi connectivity index (χ1v) is 14.9. The molecule has 0 N–H and O–H groups in total. The molecule has 3 aromatic carbocycles. The molecule has 0 fully saturated rings. The Hall–Kier alpha value is -3.50. The van der Waals surface area contributed by atoms with Gasteiger partial charge in [0.25, 0.3) is 5.56 Å². The predicted octanol–water partition coefficient (Wildman–Crippen LogP) is 5.67. The summed E-state index contributed by atoms with van der Waals surface area (Å²) in [5.41, 5.74) is 4.32. The smallest absolute Gasteiger partial charge is 0.338 e. The normalized spacial score (nSPS) is 15.2. The van der Waals surface area contributed by atoms with Gasteiger partial charge in [0.05, 0.1) is 39.1 Å². The maximum Gasteiger partial charge on any atom is 0.338 e. The van der Waals surface area contributed by atoms with Crippen molar-refractivity contribution in [1.29, 1.82) is 0 Å². The number of halogens is 1. The van der Waals surface area contributed by atoms with Gasteiger partial charge < -0.3 is 9.47 Å². The highest BCUT2D eigenvalue weighted by Gasteiger charge is 2.35. The molecule has 8 heteroatoms.